The molecular weight excluding hydrogens is 280 g/mol. The van der Waals surface area contributed by atoms with Gasteiger partial charge in [0.25, 0.3) is 5.91 Å². The van der Waals surface area contributed by atoms with Gasteiger partial charge in [-0.15, -0.1) is 0 Å². The van der Waals surface area contributed by atoms with Gasteiger partial charge in [0.15, 0.2) is 0 Å². The average molecular weight is 294 g/mol. The molecule has 20 heavy (non-hydrogen) atoms. The van der Waals surface area contributed by atoms with E-state index in [2.05, 4.69) is 20.2 Å². The minimum Gasteiger partial charge on any atom is -0.322 e. The third-order valence-electron chi connectivity index (χ3n) is 2.54. The third kappa shape index (κ3) is 3.58. The predicted molar refractivity (Wildman–Crippen MR) is 76.2 cm³/mol. The fourth-order valence-electron chi connectivity index (χ4n) is 1.63. The SMILES string of the molecule is Cc1cc(NC(=O)c2cn[nH]c2)ccc1NS(C)(=O)=O. The van der Waals surface area contributed by atoms with Crippen LogP contribution < -0.4 is 10.0 Å². The summed E-state index contributed by atoms with van der Waals surface area (Å²) in [6.07, 6.45) is 3.99. The lowest BCUT2D eigenvalue weighted by atomic mass is 10.2. The van der Waals surface area contributed by atoms with Crippen LogP contribution in [0.25, 0.3) is 0 Å². The van der Waals surface area contributed by atoms with Crippen molar-refractivity contribution in [3.8, 4) is 0 Å². The molecule has 0 spiro atoms. The molecular formula is C12H14N4O3S. The molecule has 3 N–H and O–H groups in total. The number of carbonyl (C=O) groups excluding carboxylic acids is 1. The number of carbonyl (C=O) groups is 1. The second-order valence-electron chi connectivity index (χ2n) is 4.35. The molecule has 106 valence electrons. The highest BCUT2D eigenvalue weighted by molar-refractivity contribution is 7.92. The zero-order valence-corrected chi connectivity index (χ0v) is 11.8. The third-order valence-corrected chi connectivity index (χ3v) is 3.13. The van der Waals surface area contributed by atoms with Gasteiger partial charge >= 0.3 is 0 Å². The van der Waals surface area contributed by atoms with Crippen LogP contribution in [0, 0.1) is 6.92 Å². The number of amides is 1. The van der Waals surface area contributed by atoms with E-state index in [1.807, 2.05) is 0 Å². The van der Waals surface area contributed by atoms with E-state index in [9.17, 15) is 13.2 Å². The maximum absolute atomic E-state index is 11.8. The molecule has 0 radical (unpaired) electrons. The highest BCUT2D eigenvalue weighted by Crippen LogP contribution is 2.20. The van der Waals surface area contributed by atoms with Crippen LogP contribution in [-0.2, 0) is 10.0 Å². The first-order chi connectivity index (χ1) is 9.35. The lowest BCUT2D eigenvalue weighted by Gasteiger charge is -2.10. The number of aromatic amines is 1. The van der Waals surface area contributed by atoms with Gasteiger partial charge in [-0.3, -0.25) is 14.6 Å². The molecule has 1 aromatic heterocycles. The van der Waals surface area contributed by atoms with Gasteiger partial charge in [-0.25, -0.2) is 8.42 Å². The first-order valence-electron chi connectivity index (χ1n) is 5.74. The van der Waals surface area contributed by atoms with Crippen molar-refractivity contribution in [3.63, 3.8) is 0 Å². The number of H-pyrrole nitrogens is 1. The van der Waals surface area contributed by atoms with Gasteiger partial charge in [0.1, 0.15) is 0 Å². The number of sulfonamides is 1. The molecule has 0 unspecified atom stereocenters. The lowest BCUT2D eigenvalue weighted by molar-refractivity contribution is 0.102. The van der Waals surface area contributed by atoms with Gasteiger partial charge in [0.2, 0.25) is 10.0 Å². The molecule has 0 bridgehead atoms. The summed E-state index contributed by atoms with van der Waals surface area (Å²) >= 11 is 0. The topological polar surface area (TPSA) is 104 Å². The summed E-state index contributed by atoms with van der Waals surface area (Å²) in [5, 5.41) is 8.95. The van der Waals surface area contributed by atoms with Crippen molar-refractivity contribution < 1.29 is 13.2 Å². The molecule has 1 aromatic carbocycles. The second-order valence-corrected chi connectivity index (χ2v) is 6.09. The van der Waals surface area contributed by atoms with Crippen molar-refractivity contribution in [2.75, 3.05) is 16.3 Å². The second kappa shape index (κ2) is 5.33. The van der Waals surface area contributed by atoms with Crippen LogP contribution in [0.2, 0.25) is 0 Å². The highest BCUT2D eigenvalue weighted by atomic mass is 32.2. The first-order valence-corrected chi connectivity index (χ1v) is 7.63. The number of nitrogens with one attached hydrogen (secondary N) is 3. The molecule has 8 heteroatoms. The Balaban J connectivity index is 2.15. The smallest absolute Gasteiger partial charge is 0.258 e. The van der Waals surface area contributed by atoms with Gasteiger partial charge in [0, 0.05) is 11.9 Å². The monoisotopic (exact) mass is 294 g/mol. The minimum absolute atomic E-state index is 0.290. The van der Waals surface area contributed by atoms with E-state index in [4.69, 9.17) is 0 Å². The van der Waals surface area contributed by atoms with Crippen molar-refractivity contribution in [1.82, 2.24) is 10.2 Å². The number of rotatable bonds is 4. The molecule has 0 atom stereocenters. The molecule has 0 aliphatic carbocycles. The van der Waals surface area contributed by atoms with Gasteiger partial charge in [0.05, 0.1) is 23.7 Å². The Kier molecular flexibility index (Phi) is 3.75. The Labute approximate surface area is 116 Å². The van der Waals surface area contributed by atoms with Crippen LogP contribution in [0.3, 0.4) is 0 Å². The van der Waals surface area contributed by atoms with Crippen LogP contribution in [0.5, 0.6) is 0 Å². The Bertz CT molecular complexity index is 723. The van der Waals surface area contributed by atoms with E-state index in [-0.39, 0.29) is 5.91 Å². The van der Waals surface area contributed by atoms with E-state index in [0.717, 1.165) is 6.26 Å². The normalized spacial score (nSPS) is 11.1. The summed E-state index contributed by atoms with van der Waals surface area (Å²) in [6.45, 7) is 1.75. The molecule has 2 aromatic rings. The molecule has 0 fully saturated rings. The first kappa shape index (κ1) is 14.1. The number of anilines is 2. The molecule has 2 rings (SSSR count). The Morgan fingerprint density at radius 1 is 1.35 bits per heavy atom. The maximum Gasteiger partial charge on any atom is 0.258 e. The number of aryl methyl sites for hydroxylation is 1. The molecule has 1 amide bonds. The Morgan fingerprint density at radius 2 is 2.10 bits per heavy atom. The summed E-state index contributed by atoms with van der Waals surface area (Å²) in [7, 11) is -3.32. The van der Waals surface area contributed by atoms with Gasteiger partial charge in [-0.2, -0.15) is 5.10 Å². The molecule has 1 heterocycles. The number of hydrogen-bond acceptors (Lipinski definition) is 4. The maximum atomic E-state index is 11.8. The van der Waals surface area contributed by atoms with E-state index in [1.165, 1.54) is 12.4 Å². The minimum atomic E-state index is -3.32. The van der Waals surface area contributed by atoms with Crippen LogP contribution >= 0.6 is 0 Å². The van der Waals surface area contributed by atoms with Crippen molar-refractivity contribution in [1.29, 1.82) is 0 Å². The van der Waals surface area contributed by atoms with Crippen LogP contribution in [0.4, 0.5) is 11.4 Å². The van der Waals surface area contributed by atoms with Gasteiger partial charge in [-0.05, 0) is 30.7 Å². The van der Waals surface area contributed by atoms with E-state index in [0.29, 0.717) is 22.5 Å². The number of benzene rings is 1. The van der Waals surface area contributed by atoms with Crippen LogP contribution in [0.15, 0.2) is 30.6 Å². The predicted octanol–water partition coefficient (Wildman–Crippen LogP) is 1.34. The van der Waals surface area contributed by atoms with Gasteiger partial charge in [-0.1, -0.05) is 0 Å². The van der Waals surface area contributed by atoms with Crippen LogP contribution in [-0.4, -0.2) is 30.8 Å². The summed E-state index contributed by atoms with van der Waals surface area (Å²) in [5.74, 6) is -0.290. The zero-order chi connectivity index (χ0) is 14.8. The largest absolute Gasteiger partial charge is 0.322 e. The van der Waals surface area contributed by atoms with Crippen LogP contribution in [0.1, 0.15) is 15.9 Å². The summed E-state index contributed by atoms with van der Waals surface area (Å²) < 4.78 is 24.8. The zero-order valence-electron chi connectivity index (χ0n) is 11.0. The quantitative estimate of drug-likeness (QED) is 0.791. The van der Waals surface area contributed by atoms with E-state index < -0.39 is 10.0 Å². The number of aromatic nitrogens is 2. The fourth-order valence-corrected chi connectivity index (χ4v) is 2.26. The average Bonchev–Trinajstić information content (AvgIpc) is 2.85. The summed E-state index contributed by atoms with van der Waals surface area (Å²) in [4.78, 5) is 11.8. The number of nitrogens with zero attached hydrogens (tertiary/aromatic N) is 1. The van der Waals surface area contributed by atoms with Gasteiger partial charge < -0.3 is 5.32 Å². The van der Waals surface area contributed by atoms with Crippen molar-refractivity contribution in [3.05, 3.63) is 41.7 Å². The molecule has 0 aliphatic rings. The van der Waals surface area contributed by atoms with Crippen molar-refractivity contribution in [2.45, 2.75) is 6.92 Å². The summed E-state index contributed by atoms with van der Waals surface area (Å²) in [5.41, 5.74) is 2.18. The van der Waals surface area contributed by atoms with Crippen molar-refractivity contribution in [2.24, 2.45) is 0 Å². The van der Waals surface area contributed by atoms with Crippen molar-refractivity contribution >= 4 is 27.3 Å². The molecule has 0 saturated heterocycles. The summed E-state index contributed by atoms with van der Waals surface area (Å²) in [6, 6.07) is 4.91. The Morgan fingerprint density at radius 3 is 2.65 bits per heavy atom. The fraction of sp³-hybridized carbons (Fsp3) is 0.167. The number of hydrogen-bond donors (Lipinski definition) is 3. The molecule has 7 nitrogen and oxygen atoms in total. The van der Waals surface area contributed by atoms with E-state index in [1.54, 1.807) is 25.1 Å². The lowest BCUT2D eigenvalue weighted by Crippen LogP contribution is -2.13. The highest BCUT2D eigenvalue weighted by Gasteiger charge is 2.09. The molecule has 0 saturated carbocycles. The standard InChI is InChI=1S/C12H14N4O3S/c1-8-5-10(3-4-11(8)16-20(2,18)19)15-12(17)9-6-13-14-7-9/h3-7,16H,1-2H3,(H,13,14)(H,15,17). The Hall–Kier alpha value is -2.35. The van der Waals surface area contributed by atoms with E-state index >= 15 is 0 Å². The molecule has 0 aliphatic heterocycles.